The van der Waals surface area contributed by atoms with E-state index in [0.29, 0.717) is 57.9 Å². The number of halogens is 1. The number of carbonyl (C=O) groups excluding carboxylic acids is 1. The number of ether oxygens (including phenoxy) is 3. The summed E-state index contributed by atoms with van der Waals surface area (Å²) in [5, 5.41) is 9.85. The summed E-state index contributed by atoms with van der Waals surface area (Å²) in [6.07, 6.45) is 3.37. The molecule has 2 amide bonds. The number of fused-ring (bicyclic) bond motifs is 1. The van der Waals surface area contributed by atoms with Gasteiger partial charge in [0.15, 0.2) is 17.3 Å². The molecular weight excluding hydrogens is 474 g/mol. The minimum Gasteiger partial charge on any atom is -0.493 e. The van der Waals surface area contributed by atoms with Crippen LogP contribution in [0.5, 0.6) is 23.1 Å². The van der Waals surface area contributed by atoms with E-state index in [9.17, 15) is 4.79 Å². The summed E-state index contributed by atoms with van der Waals surface area (Å²) in [5.74, 6) is 2.78. The number of carbonyl (C=O) groups is 1. The number of benzene rings is 2. The van der Waals surface area contributed by atoms with Crippen molar-refractivity contribution >= 4 is 40.0 Å². The van der Waals surface area contributed by atoms with Gasteiger partial charge in [-0.15, -0.1) is 0 Å². The van der Waals surface area contributed by atoms with E-state index in [1.165, 1.54) is 6.33 Å². The van der Waals surface area contributed by atoms with E-state index in [-0.39, 0.29) is 5.02 Å². The molecule has 2 N–H and O–H groups in total. The van der Waals surface area contributed by atoms with Crippen LogP contribution in [-0.4, -0.2) is 34.9 Å². The van der Waals surface area contributed by atoms with Crippen molar-refractivity contribution < 1.29 is 23.5 Å². The average Bonchev–Trinajstić information content (AvgIpc) is 3.25. The van der Waals surface area contributed by atoms with Gasteiger partial charge in [0.2, 0.25) is 5.88 Å². The molecule has 4 rings (SSSR count). The number of aromatic nitrogens is 3. The van der Waals surface area contributed by atoms with Gasteiger partial charge >= 0.3 is 6.03 Å². The van der Waals surface area contributed by atoms with Gasteiger partial charge in [0, 0.05) is 18.2 Å². The van der Waals surface area contributed by atoms with Gasteiger partial charge in [-0.25, -0.2) is 14.8 Å². The first-order chi connectivity index (χ1) is 17.0. The van der Waals surface area contributed by atoms with E-state index < -0.39 is 6.03 Å². The largest absolute Gasteiger partial charge is 0.493 e. The maximum absolute atomic E-state index is 12.2. The summed E-state index contributed by atoms with van der Waals surface area (Å²) < 4.78 is 22.2. The van der Waals surface area contributed by atoms with E-state index in [2.05, 4.69) is 32.7 Å². The molecule has 0 bridgehead atoms. The monoisotopic (exact) mass is 497 g/mol. The Bertz CT molecular complexity index is 1340. The fourth-order valence-electron chi connectivity index (χ4n) is 3.19. The van der Waals surface area contributed by atoms with Crippen LogP contribution in [0.1, 0.15) is 25.5 Å². The summed E-state index contributed by atoms with van der Waals surface area (Å²) in [7, 11) is 1.57. The highest BCUT2D eigenvalue weighted by Gasteiger charge is 2.14. The zero-order chi connectivity index (χ0) is 24.8. The number of methoxy groups -OCH3 is 1. The van der Waals surface area contributed by atoms with Crippen LogP contribution >= 0.6 is 11.6 Å². The first-order valence-electron chi connectivity index (χ1n) is 10.9. The zero-order valence-corrected chi connectivity index (χ0v) is 20.2. The summed E-state index contributed by atoms with van der Waals surface area (Å²) in [4.78, 5) is 20.8. The molecule has 0 fully saturated rings. The lowest BCUT2D eigenvalue weighted by atomic mass is 10.2. The van der Waals surface area contributed by atoms with Gasteiger partial charge in [-0.1, -0.05) is 30.1 Å². The minimum atomic E-state index is -0.514. The number of nitrogens with zero attached hydrogens (tertiary/aromatic N) is 3. The Labute approximate surface area is 206 Å². The molecule has 0 spiro atoms. The average molecular weight is 498 g/mol. The van der Waals surface area contributed by atoms with E-state index in [0.717, 1.165) is 12.8 Å². The fraction of sp³-hybridized carbons (Fsp3) is 0.250. The summed E-state index contributed by atoms with van der Waals surface area (Å²) in [6, 6.07) is 9.51. The van der Waals surface area contributed by atoms with Gasteiger partial charge in [0.05, 0.1) is 35.3 Å². The molecular formula is C24H24ClN5O5. The zero-order valence-electron chi connectivity index (χ0n) is 19.4. The molecule has 10 nitrogen and oxygen atoms in total. The molecule has 11 heteroatoms. The summed E-state index contributed by atoms with van der Waals surface area (Å²) >= 11 is 6.37. The number of unbranched alkanes of at least 4 members (excludes halogenated alkanes) is 1. The van der Waals surface area contributed by atoms with Gasteiger partial charge < -0.3 is 24.1 Å². The van der Waals surface area contributed by atoms with Crippen molar-refractivity contribution in [2.75, 3.05) is 24.4 Å². The molecule has 0 atom stereocenters. The van der Waals surface area contributed by atoms with E-state index in [4.69, 9.17) is 30.3 Å². The number of aryl methyl sites for hydroxylation is 1. The molecule has 4 aromatic rings. The van der Waals surface area contributed by atoms with Crippen molar-refractivity contribution in [3.8, 4) is 23.1 Å². The molecule has 0 saturated heterocycles. The van der Waals surface area contributed by atoms with E-state index in [1.54, 1.807) is 50.4 Å². The lowest BCUT2D eigenvalue weighted by molar-refractivity contribution is 0.262. The maximum Gasteiger partial charge on any atom is 0.324 e. The van der Waals surface area contributed by atoms with Crippen LogP contribution in [0.2, 0.25) is 5.02 Å². The number of nitrogens with one attached hydrogen (secondary N) is 2. The van der Waals surface area contributed by atoms with Crippen molar-refractivity contribution in [2.24, 2.45) is 0 Å². The van der Waals surface area contributed by atoms with Gasteiger partial charge in [-0.05, 0) is 31.5 Å². The highest BCUT2D eigenvalue weighted by atomic mass is 35.5. The quantitative estimate of drug-likeness (QED) is 0.262. The van der Waals surface area contributed by atoms with Gasteiger partial charge in [0.1, 0.15) is 17.8 Å². The number of urea groups is 1. The maximum atomic E-state index is 12.2. The molecule has 35 heavy (non-hydrogen) atoms. The third-order valence-electron chi connectivity index (χ3n) is 4.91. The van der Waals surface area contributed by atoms with Crippen molar-refractivity contribution in [3.05, 3.63) is 53.5 Å². The third kappa shape index (κ3) is 5.90. The Morgan fingerprint density at radius 3 is 2.69 bits per heavy atom. The van der Waals surface area contributed by atoms with E-state index in [1.807, 2.05) is 0 Å². The molecule has 2 aromatic heterocycles. The van der Waals surface area contributed by atoms with Crippen LogP contribution in [-0.2, 0) is 0 Å². The fourth-order valence-corrected chi connectivity index (χ4v) is 3.41. The van der Waals surface area contributed by atoms with Crippen molar-refractivity contribution in [3.63, 3.8) is 0 Å². The van der Waals surface area contributed by atoms with Gasteiger partial charge in [0.25, 0.3) is 0 Å². The van der Waals surface area contributed by atoms with Crippen LogP contribution in [0.4, 0.5) is 16.3 Å². The van der Waals surface area contributed by atoms with Crippen LogP contribution < -0.4 is 24.8 Å². The second kappa shape index (κ2) is 10.9. The molecule has 182 valence electrons. The molecule has 0 unspecified atom stereocenters. The Morgan fingerprint density at radius 2 is 1.97 bits per heavy atom. The molecule has 2 heterocycles. The van der Waals surface area contributed by atoms with Crippen LogP contribution in [0.25, 0.3) is 10.9 Å². The molecule has 0 radical (unpaired) electrons. The van der Waals surface area contributed by atoms with Crippen molar-refractivity contribution in [2.45, 2.75) is 26.7 Å². The van der Waals surface area contributed by atoms with Crippen LogP contribution in [0.15, 0.2) is 47.2 Å². The number of hydrogen-bond donors (Lipinski definition) is 2. The molecule has 0 saturated carbocycles. The second-order valence-corrected chi connectivity index (χ2v) is 7.95. The molecule has 2 aromatic carbocycles. The Hall–Kier alpha value is -4.05. The van der Waals surface area contributed by atoms with Crippen LogP contribution in [0.3, 0.4) is 0 Å². The number of anilines is 2. The van der Waals surface area contributed by atoms with Gasteiger partial charge in [-0.3, -0.25) is 5.32 Å². The topological polar surface area (TPSA) is 121 Å². The number of amides is 2. The Balaban J connectivity index is 1.51. The minimum absolute atomic E-state index is 0.275. The third-order valence-corrected chi connectivity index (χ3v) is 5.23. The molecule has 0 aliphatic heterocycles. The SMILES string of the molecule is CCCCOc1cc2ncnc(Oc3ccc(NC(=O)Nc4cc(C)on4)c(Cl)c3)c2cc1OC. The lowest BCUT2D eigenvalue weighted by Crippen LogP contribution is -2.19. The molecule has 0 aliphatic carbocycles. The molecule has 0 aliphatic rings. The summed E-state index contributed by atoms with van der Waals surface area (Å²) in [6.45, 7) is 4.41. The first kappa shape index (κ1) is 24.1. The Morgan fingerprint density at radius 1 is 1.11 bits per heavy atom. The highest BCUT2D eigenvalue weighted by molar-refractivity contribution is 6.34. The van der Waals surface area contributed by atoms with E-state index >= 15 is 0 Å². The predicted molar refractivity (Wildman–Crippen MR) is 132 cm³/mol. The highest BCUT2D eigenvalue weighted by Crippen LogP contribution is 2.37. The Kier molecular flexibility index (Phi) is 7.51. The second-order valence-electron chi connectivity index (χ2n) is 7.55. The number of rotatable bonds is 9. The van der Waals surface area contributed by atoms with Crippen LogP contribution in [0, 0.1) is 6.92 Å². The predicted octanol–water partition coefficient (Wildman–Crippen LogP) is 6.20. The standard InChI is InChI=1S/C24H24ClN5O5/c1-4-5-8-33-21-12-19-16(11-20(21)32-3)23(27-13-26-19)34-15-6-7-18(17(25)10-15)28-24(31)29-22-9-14(2)35-30-22/h6-7,9-13H,4-5,8H2,1-3H3,(H2,28,29,30,31). The van der Waals surface area contributed by atoms with Gasteiger partial charge in [-0.2, -0.15) is 0 Å². The van der Waals surface area contributed by atoms with Crippen molar-refractivity contribution in [1.82, 2.24) is 15.1 Å². The smallest absolute Gasteiger partial charge is 0.324 e. The normalized spacial score (nSPS) is 10.7. The summed E-state index contributed by atoms with van der Waals surface area (Å²) in [5.41, 5.74) is 1.03. The lowest BCUT2D eigenvalue weighted by Gasteiger charge is -2.14. The number of hydrogen-bond acceptors (Lipinski definition) is 8. The first-order valence-corrected chi connectivity index (χ1v) is 11.3. The van der Waals surface area contributed by atoms with Crippen molar-refractivity contribution in [1.29, 1.82) is 0 Å².